The molecule has 2 aromatic rings. The van der Waals surface area contributed by atoms with Gasteiger partial charge in [0.25, 0.3) is 0 Å². The van der Waals surface area contributed by atoms with E-state index in [-0.39, 0.29) is 0 Å². The van der Waals surface area contributed by atoms with Gasteiger partial charge in [0, 0.05) is 5.56 Å². The number of rotatable bonds is 5. The number of hydrogen-bond acceptors (Lipinski definition) is 3. The van der Waals surface area contributed by atoms with E-state index in [9.17, 15) is 9.59 Å². The molecule has 0 bridgehead atoms. The molecule has 3 heteroatoms. The van der Waals surface area contributed by atoms with Crippen molar-refractivity contribution in [1.82, 2.24) is 0 Å². The molecule has 0 aliphatic rings. The molecule has 96 valence electrons. The van der Waals surface area contributed by atoms with Crippen molar-refractivity contribution in [1.29, 1.82) is 0 Å². The second-order valence-corrected chi connectivity index (χ2v) is 4.28. The number of aldehydes is 1. The zero-order valence-electron chi connectivity index (χ0n) is 10.6. The zero-order valence-corrected chi connectivity index (χ0v) is 10.6. The Morgan fingerprint density at radius 1 is 1.05 bits per heavy atom. The van der Waals surface area contributed by atoms with Crippen LogP contribution < -0.4 is 4.74 Å². The normalized spacial score (nSPS) is 9.95. The van der Waals surface area contributed by atoms with Crippen molar-refractivity contribution in [3.05, 3.63) is 65.2 Å². The molecule has 0 spiro atoms. The fraction of sp³-hybridized carbons (Fsp3) is 0.125. The Kier molecular flexibility index (Phi) is 4.08. The van der Waals surface area contributed by atoms with E-state index in [1.54, 1.807) is 24.3 Å². The van der Waals surface area contributed by atoms with Crippen molar-refractivity contribution in [3.8, 4) is 5.75 Å². The fourth-order valence-electron chi connectivity index (χ4n) is 1.63. The van der Waals surface area contributed by atoms with Crippen molar-refractivity contribution in [2.75, 3.05) is 0 Å². The van der Waals surface area contributed by atoms with E-state index in [4.69, 9.17) is 4.74 Å². The maximum Gasteiger partial charge on any atom is 0.225 e. The molecule has 0 aliphatic carbocycles. The van der Waals surface area contributed by atoms with Gasteiger partial charge in [-0.15, -0.1) is 0 Å². The maximum absolute atomic E-state index is 11.1. The number of ether oxygens (including phenoxy) is 1. The van der Waals surface area contributed by atoms with Crippen molar-refractivity contribution in [2.45, 2.75) is 13.5 Å². The Morgan fingerprint density at radius 3 is 2.26 bits per heavy atom. The summed E-state index contributed by atoms with van der Waals surface area (Å²) in [6, 6.07) is 14.6. The maximum atomic E-state index is 11.1. The van der Waals surface area contributed by atoms with Crippen LogP contribution in [0, 0.1) is 6.92 Å². The molecule has 0 amide bonds. The number of hydrogen-bond donors (Lipinski definition) is 0. The number of carbonyl (C=O) groups excluding carboxylic acids is 2. The quantitative estimate of drug-likeness (QED) is 0.468. The molecule has 0 heterocycles. The Hall–Kier alpha value is -2.42. The lowest BCUT2D eigenvalue weighted by Gasteiger charge is -2.06. The summed E-state index contributed by atoms with van der Waals surface area (Å²) >= 11 is 0. The minimum Gasteiger partial charge on any atom is -0.489 e. The molecular weight excluding hydrogens is 240 g/mol. The van der Waals surface area contributed by atoms with Crippen molar-refractivity contribution in [3.63, 3.8) is 0 Å². The van der Waals surface area contributed by atoms with Gasteiger partial charge in [-0.1, -0.05) is 29.8 Å². The third kappa shape index (κ3) is 3.52. The third-order valence-corrected chi connectivity index (χ3v) is 2.77. The monoisotopic (exact) mass is 254 g/mol. The highest BCUT2D eigenvalue weighted by Crippen LogP contribution is 2.14. The van der Waals surface area contributed by atoms with Crippen LogP contribution >= 0.6 is 0 Å². The molecule has 0 saturated carbocycles. The highest BCUT2D eigenvalue weighted by molar-refractivity contribution is 6.33. The average molecular weight is 254 g/mol. The van der Waals surface area contributed by atoms with Gasteiger partial charge in [-0.3, -0.25) is 9.59 Å². The first kappa shape index (κ1) is 13.0. The van der Waals surface area contributed by atoms with Gasteiger partial charge >= 0.3 is 0 Å². The molecule has 0 N–H and O–H groups in total. The number of Topliss-reactive ketones (excluding diaryl/α,β-unsaturated/α-hetero) is 1. The molecule has 0 aromatic heterocycles. The van der Waals surface area contributed by atoms with E-state index in [1.165, 1.54) is 5.56 Å². The summed E-state index contributed by atoms with van der Waals surface area (Å²) in [4.78, 5) is 21.5. The topological polar surface area (TPSA) is 43.4 Å². The lowest BCUT2D eigenvalue weighted by Crippen LogP contribution is -2.00. The van der Waals surface area contributed by atoms with Gasteiger partial charge in [-0.25, -0.2) is 0 Å². The van der Waals surface area contributed by atoms with Crippen LogP contribution in [0.3, 0.4) is 0 Å². The highest BCUT2D eigenvalue weighted by atomic mass is 16.5. The number of benzene rings is 2. The summed E-state index contributed by atoms with van der Waals surface area (Å²) in [7, 11) is 0. The van der Waals surface area contributed by atoms with Gasteiger partial charge in [0.2, 0.25) is 5.78 Å². The van der Waals surface area contributed by atoms with Gasteiger partial charge in [-0.05, 0) is 36.8 Å². The van der Waals surface area contributed by atoms with E-state index in [0.717, 1.165) is 5.56 Å². The first-order chi connectivity index (χ1) is 9.19. The van der Waals surface area contributed by atoms with Crippen LogP contribution in [0.2, 0.25) is 0 Å². The first-order valence-electron chi connectivity index (χ1n) is 5.97. The van der Waals surface area contributed by atoms with Crippen molar-refractivity contribution in [2.24, 2.45) is 0 Å². The summed E-state index contributed by atoms with van der Waals surface area (Å²) in [5.41, 5.74) is 2.66. The van der Waals surface area contributed by atoms with Crippen LogP contribution in [0.4, 0.5) is 0 Å². The van der Waals surface area contributed by atoms with Crippen molar-refractivity contribution < 1.29 is 14.3 Å². The third-order valence-electron chi connectivity index (χ3n) is 2.77. The molecule has 0 fully saturated rings. The smallest absolute Gasteiger partial charge is 0.225 e. The molecule has 0 atom stereocenters. The summed E-state index contributed by atoms with van der Waals surface area (Å²) in [5.74, 6) is 0.146. The average Bonchev–Trinajstić information content (AvgIpc) is 2.46. The van der Waals surface area contributed by atoms with Crippen LogP contribution in [-0.4, -0.2) is 12.1 Å². The Morgan fingerprint density at radius 2 is 1.68 bits per heavy atom. The molecule has 0 radical (unpaired) electrons. The second-order valence-electron chi connectivity index (χ2n) is 4.28. The molecule has 2 aromatic carbocycles. The molecular formula is C16H14O3. The summed E-state index contributed by atoms with van der Waals surface area (Å²) in [6.07, 6.45) is 0.308. The summed E-state index contributed by atoms with van der Waals surface area (Å²) < 4.78 is 5.60. The fourth-order valence-corrected chi connectivity index (χ4v) is 1.63. The van der Waals surface area contributed by atoms with Crippen LogP contribution in [0.5, 0.6) is 5.75 Å². The Bertz CT molecular complexity index is 568. The second kappa shape index (κ2) is 5.96. The van der Waals surface area contributed by atoms with E-state index in [1.807, 2.05) is 31.2 Å². The molecule has 3 nitrogen and oxygen atoms in total. The number of carbonyl (C=O) groups is 2. The lowest BCUT2D eigenvalue weighted by molar-refractivity contribution is -0.104. The van der Waals surface area contributed by atoms with E-state index in [2.05, 4.69) is 0 Å². The van der Waals surface area contributed by atoms with Gasteiger partial charge in [0.05, 0.1) is 0 Å². The lowest BCUT2D eigenvalue weighted by atomic mass is 10.1. The molecule has 19 heavy (non-hydrogen) atoms. The van der Waals surface area contributed by atoms with Crippen LogP contribution in [0.25, 0.3) is 0 Å². The van der Waals surface area contributed by atoms with Crippen LogP contribution in [0.1, 0.15) is 21.5 Å². The van der Waals surface area contributed by atoms with Crippen LogP contribution in [-0.2, 0) is 11.4 Å². The summed E-state index contributed by atoms with van der Waals surface area (Å²) in [5, 5.41) is 0. The van der Waals surface area contributed by atoms with Gasteiger partial charge in [-0.2, -0.15) is 0 Å². The summed E-state index contributed by atoms with van der Waals surface area (Å²) in [6.45, 7) is 2.51. The first-order valence-corrected chi connectivity index (χ1v) is 5.97. The Balaban J connectivity index is 1.98. The highest BCUT2D eigenvalue weighted by Gasteiger charge is 2.03. The molecule has 0 saturated heterocycles. The van der Waals surface area contributed by atoms with E-state index in [0.29, 0.717) is 24.2 Å². The molecule has 0 unspecified atom stereocenters. The Labute approximate surface area is 111 Å². The minimum absolute atomic E-state index is 0.308. The van der Waals surface area contributed by atoms with Gasteiger partial charge in [0.1, 0.15) is 12.4 Å². The SMILES string of the molecule is Cc1ccc(COc2ccc(C(=O)C=O)cc2)cc1. The van der Waals surface area contributed by atoms with E-state index < -0.39 is 5.78 Å². The molecule has 2 rings (SSSR count). The van der Waals surface area contributed by atoms with Crippen molar-refractivity contribution >= 4 is 12.1 Å². The van der Waals surface area contributed by atoms with Gasteiger partial charge < -0.3 is 4.74 Å². The predicted octanol–water partition coefficient (Wildman–Crippen LogP) is 2.96. The standard InChI is InChI=1S/C16H14O3/c1-12-2-4-13(5-3-12)11-19-15-8-6-14(7-9-15)16(18)10-17/h2-10H,11H2,1H3. The largest absolute Gasteiger partial charge is 0.489 e. The number of aryl methyl sites for hydroxylation is 1. The minimum atomic E-state index is -0.523. The predicted molar refractivity (Wildman–Crippen MR) is 72.3 cm³/mol. The van der Waals surface area contributed by atoms with E-state index >= 15 is 0 Å². The van der Waals surface area contributed by atoms with Gasteiger partial charge in [0.15, 0.2) is 6.29 Å². The van der Waals surface area contributed by atoms with Crippen LogP contribution in [0.15, 0.2) is 48.5 Å². The molecule has 0 aliphatic heterocycles. The number of ketones is 1. The zero-order chi connectivity index (χ0) is 13.7.